The number of aromatic nitrogens is 3. The summed E-state index contributed by atoms with van der Waals surface area (Å²) >= 11 is 0. The number of benzene rings is 1. The van der Waals surface area contributed by atoms with E-state index < -0.39 is 17.5 Å². The van der Waals surface area contributed by atoms with Gasteiger partial charge in [-0.2, -0.15) is 0 Å². The van der Waals surface area contributed by atoms with Gasteiger partial charge in [0.25, 0.3) is 0 Å². The van der Waals surface area contributed by atoms with Crippen LogP contribution >= 0.6 is 12.4 Å². The number of nitrogens with one attached hydrogen (secondary N) is 1. The Morgan fingerprint density at radius 3 is 2.22 bits per heavy atom. The Labute approximate surface area is 160 Å². The number of halogens is 4. The molecule has 0 bridgehead atoms. The quantitative estimate of drug-likeness (QED) is 0.662. The first-order valence-electron chi connectivity index (χ1n) is 8.30. The van der Waals surface area contributed by atoms with Gasteiger partial charge < -0.3 is 15.4 Å². The number of hydrogen-bond acceptors (Lipinski definition) is 3. The van der Waals surface area contributed by atoms with Gasteiger partial charge in [-0.1, -0.05) is 0 Å². The average Bonchev–Trinajstić information content (AvgIpc) is 3.03. The molecule has 0 atom stereocenters. The van der Waals surface area contributed by atoms with Crippen LogP contribution in [-0.4, -0.2) is 33.5 Å². The van der Waals surface area contributed by atoms with Crippen molar-refractivity contribution in [3.8, 4) is 11.3 Å². The standard InChI is InChI=1S/C18H17F3N4.ClH.H2O/c1-10-22-15-9-14(11-7-12(19)16(21)13(20)8-11)24-17(15)18(23-10)25-5-3-2-4-6-25;;/h7-9,24H,2-6H2,1H3;1H;1H2. The van der Waals surface area contributed by atoms with E-state index in [4.69, 9.17) is 0 Å². The lowest BCUT2D eigenvalue weighted by molar-refractivity contribution is 0.447. The van der Waals surface area contributed by atoms with Crippen molar-refractivity contribution >= 4 is 29.3 Å². The van der Waals surface area contributed by atoms with Gasteiger partial charge in [0.1, 0.15) is 11.3 Å². The minimum absolute atomic E-state index is 0. The molecular formula is C18H20ClF3N4O. The van der Waals surface area contributed by atoms with Gasteiger partial charge in [-0.15, -0.1) is 12.4 Å². The second kappa shape index (κ2) is 8.14. The number of aromatic amines is 1. The number of hydrogen-bond donors (Lipinski definition) is 1. The van der Waals surface area contributed by atoms with Crippen LogP contribution in [0, 0.1) is 24.4 Å². The van der Waals surface area contributed by atoms with Crippen molar-refractivity contribution in [1.82, 2.24) is 15.0 Å². The van der Waals surface area contributed by atoms with Crippen LogP contribution in [0.5, 0.6) is 0 Å². The summed E-state index contributed by atoms with van der Waals surface area (Å²) in [6.07, 6.45) is 3.41. The van der Waals surface area contributed by atoms with E-state index in [-0.39, 0.29) is 23.4 Å². The topological polar surface area (TPSA) is 76.3 Å². The minimum Gasteiger partial charge on any atom is -0.412 e. The highest BCUT2D eigenvalue weighted by atomic mass is 35.5. The molecule has 3 aromatic rings. The number of rotatable bonds is 2. The first kappa shape index (κ1) is 21.0. The van der Waals surface area contributed by atoms with E-state index in [0.717, 1.165) is 49.4 Å². The molecule has 0 spiro atoms. The molecule has 27 heavy (non-hydrogen) atoms. The molecule has 2 aromatic heterocycles. The third kappa shape index (κ3) is 3.86. The van der Waals surface area contributed by atoms with Crippen molar-refractivity contribution < 1.29 is 18.6 Å². The Morgan fingerprint density at radius 1 is 0.963 bits per heavy atom. The van der Waals surface area contributed by atoms with E-state index in [0.29, 0.717) is 17.0 Å². The Bertz CT molecular complexity index is 934. The molecule has 1 fully saturated rings. The molecule has 146 valence electrons. The van der Waals surface area contributed by atoms with Crippen LogP contribution in [-0.2, 0) is 0 Å². The van der Waals surface area contributed by atoms with Crippen LogP contribution < -0.4 is 4.90 Å². The summed E-state index contributed by atoms with van der Waals surface area (Å²) in [7, 11) is 0. The molecule has 1 aliphatic rings. The van der Waals surface area contributed by atoms with Gasteiger partial charge in [0.05, 0.1) is 5.52 Å². The van der Waals surface area contributed by atoms with Gasteiger partial charge in [-0.25, -0.2) is 23.1 Å². The van der Waals surface area contributed by atoms with Gasteiger partial charge >= 0.3 is 0 Å². The smallest absolute Gasteiger partial charge is 0.194 e. The lowest BCUT2D eigenvalue weighted by Gasteiger charge is -2.28. The lowest BCUT2D eigenvalue weighted by atomic mass is 10.1. The maximum Gasteiger partial charge on any atom is 0.194 e. The maximum absolute atomic E-state index is 13.6. The first-order chi connectivity index (χ1) is 12.0. The molecule has 0 saturated carbocycles. The van der Waals surface area contributed by atoms with E-state index >= 15 is 0 Å². The number of H-pyrrole nitrogens is 1. The van der Waals surface area contributed by atoms with Crippen LogP contribution in [0.3, 0.4) is 0 Å². The Kier molecular flexibility index (Phi) is 6.33. The summed E-state index contributed by atoms with van der Waals surface area (Å²) in [6.45, 7) is 3.65. The van der Waals surface area contributed by atoms with Crippen LogP contribution in [0.2, 0.25) is 0 Å². The van der Waals surface area contributed by atoms with Crippen molar-refractivity contribution in [3.05, 3.63) is 41.5 Å². The van der Waals surface area contributed by atoms with Gasteiger partial charge in [-0.05, 0) is 44.4 Å². The fraction of sp³-hybridized carbons (Fsp3) is 0.333. The van der Waals surface area contributed by atoms with Gasteiger partial charge in [0, 0.05) is 24.3 Å². The number of fused-ring (bicyclic) bond motifs is 1. The number of nitrogens with zero attached hydrogens (tertiary/aromatic N) is 3. The van der Waals surface area contributed by atoms with E-state index in [1.54, 1.807) is 6.07 Å². The summed E-state index contributed by atoms with van der Waals surface area (Å²) < 4.78 is 40.3. The molecule has 0 aliphatic carbocycles. The number of anilines is 1. The summed E-state index contributed by atoms with van der Waals surface area (Å²) in [5.41, 5.74) is 2.11. The molecule has 0 radical (unpaired) electrons. The van der Waals surface area contributed by atoms with Crippen molar-refractivity contribution in [2.24, 2.45) is 0 Å². The monoisotopic (exact) mass is 400 g/mol. The van der Waals surface area contributed by atoms with Gasteiger partial charge in [0.15, 0.2) is 23.3 Å². The zero-order chi connectivity index (χ0) is 17.6. The lowest BCUT2D eigenvalue weighted by Crippen LogP contribution is -2.30. The second-order valence-corrected chi connectivity index (χ2v) is 6.34. The van der Waals surface area contributed by atoms with Crippen molar-refractivity contribution in [1.29, 1.82) is 0 Å². The molecule has 1 saturated heterocycles. The zero-order valence-electron chi connectivity index (χ0n) is 14.7. The minimum atomic E-state index is -1.47. The highest BCUT2D eigenvalue weighted by Crippen LogP contribution is 2.31. The highest BCUT2D eigenvalue weighted by Gasteiger charge is 2.19. The normalized spacial score (nSPS) is 14.0. The predicted octanol–water partition coefficient (Wildman–Crippen LogP) is 3.94. The van der Waals surface area contributed by atoms with E-state index in [2.05, 4.69) is 19.9 Å². The summed E-state index contributed by atoms with van der Waals surface area (Å²) in [5, 5.41) is 0. The van der Waals surface area contributed by atoms with Crippen molar-refractivity contribution in [3.63, 3.8) is 0 Å². The van der Waals surface area contributed by atoms with Gasteiger partial charge in [0.2, 0.25) is 0 Å². The fourth-order valence-electron chi connectivity index (χ4n) is 3.31. The van der Waals surface area contributed by atoms with Crippen molar-refractivity contribution in [2.75, 3.05) is 18.0 Å². The van der Waals surface area contributed by atoms with E-state index in [1.807, 2.05) is 6.92 Å². The molecule has 1 aliphatic heterocycles. The van der Waals surface area contributed by atoms with E-state index in [9.17, 15) is 13.2 Å². The molecule has 4 rings (SSSR count). The zero-order valence-corrected chi connectivity index (χ0v) is 15.5. The Hall–Kier alpha value is -2.32. The Morgan fingerprint density at radius 2 is 1.59 bits per heavy atom. The summed E-state index contributed by atoms with van der Waals surface area (Å²) in [6, 6.07) is 3.66. The molecule has 3 heterocycles. The highest BCUT2D eigenvalue weighted by molar-refractivity contribution is 5.91. The second-order valence-electron chi connectivity index (χ2n) is 6.34. The number of aryl methyl sites for hydroxylation is 1. The van der Waals surface area contributed by atoms with Gasteiger partial charge in [-0.3, -0.25) is 0 Å². The SMILES string of the molecule is Cc1nc(N2CCCCC2)c2[nH]c(-c3cc(F)c(F)c(F)c3)cc2n1.Cl.O. The first-order valence-corrected chi connectivity index (χ1v) is 8.30. The fourth-order valence-corrected chi connectivity index (χ4v) is 3.31. The maximum atomic E-state index is 13.6. The molecule has 1 aromatic carbocycles. The van der Waals surface area contributed by atoms with Crippen LogP contribution in [0.15, 0.2) is 18.2 Å². The van der Waals surface area contributed by atoms with Crippen LogP contribution in [0.4, 0.5) is 19.0 Å². The molecule has 0 unspecified atom stereocenters. The number of piperidine rings is 1. The van der Waals surface area contributed by atoms with Crippen molar-refractivity contribution in [2.45, 2.75) is 26.2 Å². The largest absolute Gasteiger partial charge is 0.412 e. The third-order valence-corrected chi connectivity index (χ3v) is 4.52. The molecule has 0 amide bonds. The molecule has 3 N–H and O–H groups in total. The van der Waals surface area contributed by atoms with E-state index in [1.165, 1.54) is 6.42 Å². The molecule has 9 heteroatoms. The van der Waals surface area contributed by atoms with Crippen LogP contribution in [0.25, 0.3) is 22.3 Å². The predicted molar refractivity (Wildman–Crippen MR) is 101 cm³/mol. The molecule has 5 nitrogen and oxygen atoms in total. The molecular weight excluding hydrogens is 381 g/mol. The summed E-state index contributed by atoms with van der Waals surface area (Å²) in [5.74, 6) is -2.46. The average molecular weight is 401 g/mol. The Balaban J connectivity index is 0.00000131. The van der Waals surface area contributed by atoms with Crippen LogP contribution in [0.1, 0.15) is 25.1 Å². The third-order valence-electron chi connectivity index (χ3n) is 4.52. The summed E-state index contributed by atoms with van der Waals surface area (Å²) in [4.78, 5) is 14.3.